The Labute approximate surface area is 366 Å². The molecule has 5 aliphatic heterocycles. The molecular weight excluding hydrogens is 795 g/mol. The van der Waals surface area contributed by atoms with E-state index in [9.17, 15) is 19.5 Å². The van der Waals surface area contributed by atoms with E-state index in [4.69, 9.17) is 38.4 Å². The molecule has 340 valence electrons. The molecular formula is C48H67N3O11. The number of benzene rings is 2. The number of aliphatic hydroxyl groups is 1. The van der Waals surface area contributed by atoms with Crippen LogP contribution in [-0.2, 0) is 49.5 Å². The Morgan fingerprint density at radius 3 is 2.37 bits per heavy atom. The second-order valence-electron chi connectivity index (χ2n) is 19.0. The van der Waals surface area contributed by atoms with Gasteiger partial charge in [0.25, 0.3) is 0 Å². The predicted molar refractivity (Wildman–Crippen MR) is 231 cm³/mol. The summed E-state index contributed by atoms with van der Waals surface area (Å²) in [6.45, 7) is 15.1. The first-order valence-electron chi connectivity index (χ1n) is 22.4. The van der Waals surface area contributed by atoms with E-state index in [-0.39, 0.29) is 50.7 Å². The van der Waals surface area contributed by atoms with Crippen LogP contribution in [0.25, 0.3) is 11.1 Å². The molecule has 5 heterocycles. The molecule has 0 spiro atoms. The Balaban J connectivity index is 1.37. The lowest BCUT2D eigenvalue weighted by Gasteiger charge is -2.48. The highest BCUT2D eigenvalue weighted by atomic mass is 16.7. The Morgan fingerprint density at radius 2 is 1.66 bits per heavy atom. The number of carbonyl (C=O) groups excluding carboxylic acids is 3. The minimum Gasteiger partial charge on any atom is -0.458 e. The summed E-state index contributed by atoms with van der Waals surface area (Å²) in [6.07, 6.45) is -4.33. The first-order valence-corrected chi connectivity index (χ1v) is 22.4. The third kappa shape index (κ3) is 8.92. The van der Waals surface area contributed by atoms with E-state index in [1.165, 1.54) is 0 Å². The van der Waals surface area contributed by atoms with Crippen molar-refractivity contribution in [3.63, 3.8) is 0 Å². The molecule has 1 N–H and O–H groups in total. The van der Waals surface area contributed by atoms with Gasteiger partial charge in [0.05, 0.1) is 61.3 Å². The molecule has 5 fully saturated rings. The Morgan fingerprint density at radius 1 is 0.952 bits per heavy atom. The fraction of sp³-hybridized carbons (Fsp3) is 0.667. The number of oxime groups is 1. The highest BCUT2D eigenvalue weighted by Gasteiger charge is 2.61. The first-order chi connectivity index (χ1) is 29.5. The zero-order valence-electron chi connectivity index (χ0n) is 38.0. The van der Waals surface area contributed by atoms with E-state index in [1.54, 1.807) is 18.7 Å². The second kappa shape index (κ2) is 18.7. The number of likely N-dealkylation sites (N-methyl/N-ethyl adjacent to an activating group) is 1. The lowest BCUT2D eigenvalue weighted by atomic mass is 9.73. The summed E-state index contributed by atoms with van der Waals surface area (Å²) < 4.78 is 40.0. The molecule has 0 aliphatic carbocycles. The number of ether oxygens (including phenoxy) is 6. The molecule has 14 nitrogen and oxygen atoms in total. The summed E-state index contributed by atoms with van der Waals surface area (Å²) >= 11 is 0. The summed E-state index contributed by atoms with van der Waals surface area (Å²) in [5.41, 5.74) is 0.819. The molecule has 0 saturated carbocycles. The Kier molecular flexibility index (Phi) is 13.9. The molecule has 3 unspecified atom stereocenters. The molecule has 0 radical (unpaired) electrons. The molecule has 14 heteroatoms. The minimum absolute atomic E-state index is 0.0428. The number of cyclic esters (lactones) is 1. The molecule has 6 bridgehead atoms. The lowest BCUT2D eigenvalue weighted by molar-refractivity contribution is -0.302. The molecule has 1 amide bonds. The van der Waals surface area contributed by atoms with E-state index in [1.807, 2.05) is 115 Å². The Hall–Kier alpha value is -3.92. The number of amides is 1. The first kappa shape index (κ1) is 46.1. The van der Waals surface area contributed by atoms with Crippen molar-refractivity contribution in [2.45, 2.75) is 141 Å². The average molecular weight is 862 g/mol. The van der Waals surface area contributed by atoms with Crippen LogP contribution in [0.1, 0.15) is 80.2 Å². The van der Waals surface area contributed by atoms with Crippen LogP contribution in [0, 0.1) is 29.6 Å². The largest absolute Gasteiger partial charge is 0.458 e. The van der Waals surface area contributed by atoms with Gasteiger partial charge in [0.1, 0.15) is 24.6 Å². The molecule has 2 aromatic carbocycles. The van der Waals surface area contributed by atoms with Gasteiger partial charge in [0.2, 0.25) is 0 Å². The van der Waals surface area contributed by atoms with Gasteiger partial charge < -0.3 is 43.3 Å². The highest BCUT2D eigenvalue weighted by molar-refractivity contribution is 5.92. The van der Waals surface area contributed by atoms with Gasteiger partial charge in [-0.05, 0) is 77.7 Å². The van der Waals surface area contributed by atoms with Crippen LogP contribution in [0.4, 0.5) is 4.79 Å². The van der Waals surface area contributed by atoms with Crippen LogP contribution in [0.5, 0.6) is 0 Å². The van der Waals surface area contributed by atoms with Gasteiger partial charge in [-0.15, -0.1) is 0 Å². The summed E-state index contributed by atoms with van der Waals surface area (Å²) in [5.74, 6) is -3.98. The summed E-state index contributed by atoms with van der Waals surface area (Å²) in [6, 6.07) is 16.9. The van der Waals surface area contributed by atoms with E-state index in [0.29, 0.717) is 18.6 Å². The number of nitrogens with zero attached hydrogens (tertiary/aromatic N) is 3. The highest BCUT2D eigenvalue weighted by Crippen LogP contribution is 2.45. The van der Waals surface area contributed by atoms with Gasteiger partial charge >= 0.3 is 12.1 Å². The maximum Gasteiger partial charge on any atom is 0.411 e. The zero-order valence-corrected chi connectivity index (χ0v) is 38.0. The number of fused-ring (bicyclic) bond motifs is 5. The van der Waals surface area contributed by atoms with Gasteiger partial charge in [-0.3, -0.25) is 14.5 Å². The van der Waals surface area contributed by atoms with Gasteiger partial charge in [0, 0.05) is 29.7 Å². The van der Waals surface area contributed by atoms with Gasteiger partial charge in [-0.1, -0.05) is 87.4 Å². The summed E-state index contributed by atoms with van der Waals surface area (Å²) in [4.78, 5) is 53.5. The Bertz CT molecular complexity index is 1950. The molecule has 15 atom stereocenters. The molecule has 5 saturated heterocycles. The lowest BCUT2D eigenvalue weighted by Crippen LogP contribution is -2.61. The summed E-state index contributed by atoms with van der Waals surface area (Å²) in [5, 5.41) is 16.6. The van der Waals surface area contributed by atoms with Crippen molar-refractivity contribution in [1.82, 2.24) is 9.80 Å². The van der Waals surface area contributed by atoms with E-state index >= 15 is 0 Å². The number of ketones is 1. The summed E-state index contributed by atoms with van der Waals surface area (Å²) in [7, 11) is 3.84. The van der Waals surface area contributed by atoms with Crippen LogP contribution in [-0.4, -0.2) is 132 Å². The molecule has 0 aromatic heterocycles. The maximum atomic E-state index is 14.9. The predicted octanol–water partition coefficient (Wildman–Crippen LogP) is 6.26. The number of Topliss-reactive ketones (excluding diaryl/α,β-unsaturated/α-hetero) is 1. The SMILES string of the molecule is CC[C@H]1OC(=O)[C@H](C)[C@H]2OCC3COC(C)(C[C@@H](C)C(=O)[C@H](C)[C@@H]4N(C/C3=N/OCc3ccccc3-c3ccccc3)C(=O)OC41C)[C@H](O[C@@H]1O[C@H](C)C[C@H](N(C)C)[C@H]1O)[C@H]2C. The quantitative estimate of drug-likeness (QED) is 0.235. The number of esters is 1. The van der Waals surface area contributed by atoms with E-state index in [0.717, 1.165) is 16.7 Å². The average Bonchev–Trinajstić information content (AvgIpc) is 3.52. The molecule has 2 aromatic rings. The zero-order chi connectivity index (χ0) is 44.7. The third-order valence-electron chi connectivity index (χ3n) is 14.3. The number of aliphatic hydroxyl groups excluding tert-OH is 1. The van der Waals surface area contributed by atoms with Crippen LogP contribution in [0.2, 0.25) is 0 Å². The fourth-order valence-corrected chi connectivity index (χ4v) is 10.9. The van der Waals surface area contributed by atoms with Crippen molar-refractivity contribution in [3.8, 4) is 11.1 Å². The van der Waals surface area contributed by atoms with Crippen molar-refractivity contribution in [3.05, 3.63) is 60.2 Å². The van der Waals surface area contributed by atoms with Gasteiger partial charge in [-0.25, -0.2) is 4.79 Å². The maximum absolute atomic E-state index is 14.9. The fourth-order valence-electron chi connectivity index (χ4n) is 10.9. The number of carbonyl (C=O) groups is 3. The number of rotatable bonds is 8. The van der Waals surface area contributed by atoms with E-state index < -0.39 is 89.6 Å². The van der Waals surface area contributed by atoms with Crippen molar-refractivity contribution in [1.29, 1.82) is 0 Å². The van der Waals surface area contributed by atoms with Crippen LogP contribution >= 0.6 is 0 Å². The van der Waals surface area contributed by atoms with Crippen LogP contribution in [0.3, 0.4) is 0 Å². The smallest absolute Gasteiger partial charge is 0.411 e. The molecule has 5 aliphatic rings. The van der Waals surface area contributed by atoms with Crippen molar-refractivity contribution < 1.29 is 52.7 Å². The second-order valence-corrected chi connectivity index (χ2v) is 19.0. The normalized spacial score (nSPS) is 40.0. The number of hydrogen-bond donors (Lipinski definition) is 1. The van der Waals surface area contributed by atoms with Crippen molar-refractivity contribution in [2.75, 3.05) is 33.9 Å². The monoisotopic (exact) mass is 861 g/mol. The van der Waals surface area contributed by atoms with Gasteiger partial charge in [0.15, 0.2) is 11.9 Å². The molecule has 62 heavy (non-hydrogen) atoms. The van der Waals surface area contributed by atoms with Crippen molar-refractivity contribution >= 4 is 23.6 Å². The standard InChI is InChI=1S/C48H67N3O11/c1-11-38-48(8)42-29(4)39(52)27(2)22-47(7)43(61-45-40(53)37(50(9)10)21-28(3)59-45)30(5)41(31(6)44(54)60-38)56-24-34(25-57-47)36(23-51(42)46(55)62-48)49-58-26-33-19-15-16-20-35(33)32-17-13-12-14-18-32/h12-20,27-31,34,37-38,40-43,45,53H,11,21-26H2,1-10H3/b49-36-/t27-,28-,29+,30+,31-,34?,37+,38-,40-,41+,42+,43-,45+,47?,48?/m1/s1. The van der Waals surface area contributed by atoms with Crippen LogP contribution in [0.15, 0.2) is 59.8 Å². The minimum atomic E-state index is -1.39. The third-order valence-corrected chi connectivity index (χ3v) is 14.3. The van der Waals surface area contributed by atoms with Gasteiger partial charge in [-0.2, -0.15) is 0 Å². The molecule has 7 rings (SSSR count). The van der Waals surface area contributed by atoms with Crippen molar-refractivity contribution in [2.24, 2.45) is 34.7 Å². The topological polar surface area (TPSA) is 155 Å². The van der Waals surface area contributed by atoms with Crippen LogP contribution < -0.4 is 0 Å². The number of hydrogen-bond acceptors (Lipinski definition) is 13. The van der Waals surface area contributed by atoms with E-state index in [2.05, 4.69) is 0 Å².